The lowest BCUT2D eigenvalue weighted by Gasteiger charge is -2.27. The van der Waals surface area contributed by atoms with E-state index in [-0.39, 0.29) is 5.91 Å². The fourth-order valence-electron chi connectivity index (χ4n) is 3.55. The molecular formula is C22H23ClIN3O2S. The van der Waals surface area contributed by atoms with E-state index >= 15 is 0 Å². The average Bonchev–Trinajstić information content (AvgIpc) is 3.19. The number of aryl methyl sites for hydroxylation is 1. The van der Waals surface area contributed by atoms with Crippen molar-refractivity contribution in [2.75, 3.05) is 44.3 Å². The second-order valence-electron chi connectivity index (χ2n) is 7.26. The molecular weight excluding hydrogens is 533 g/mol. The highest BCUT2D eigenvalue weighted by atomic mass is 127. The molecule has 1 aromatic heterocycles. The molecule has 30 heavy (non-hydrogen) atoms. The Kier molecular flexibility index (Phi) is 7.25. The SMILES string of the molecule is Cc1c(Cl)ccc2sc(N(CCCN3CCOCC3)C(=O)c3ccccc3I)nc12. The largest absolute Gasteiger partial charge is 0.379 e. The summed E-state index contributed by atoms with van der Waals surface area (Å²) in [4.78, 5) is 22.5. The van der Waals surface area contributed by atoms with Crippen LogP contribution >= 0.6 is 45.5 Å². The monoisotopic (exact) mass is 555 g/mol. The highest BCUT2D eigenvalue weighted by Crippen LogP contribution is 2.34. The van der Waals surface area contributed by atoms with E-state index in [2.05, 4.69) is 27.5 Å². The van der Waals surface area contributed by atoms with Crippen molar-refractivity contribution in [3.63, 3.8) is 0 Å². The standard InChI is InChI=1S/C22H23ClIN3O2S/c1-15-17(23)7-8-19-20(15)25-22(30-19)27(10-4-9-26-11-13-29-14-12-26)21(28)16-5-2-3-6-18(16)24/h2-3,5-8H,4,9-14H2,1H3. The zero-order valence-corrected chi connectivity index (χ0v) is 20.5. The number of morpholine rings is 1. The van der Waals surface area contributed by atoms with Gasteiger partial charge in [0.25, 0.3) is 5.91 Å². The first-order chi connectivity index (χ1) is 14.5. The number of hydrogen-bond donors (Lipinski definition) is 0. The summed E-state index contributed by atoms with van der Waals surface area (Å²) in [6, 6.07) is 11.6. The molecule has 2 heterocycles. The van der Waals surface area contributed by atoms with Crippen molar-refractivity contribution in [3.05, 3.63) is 56.1 Å². The van der Waals surface area contributed by atoms with Crippen molar-refractivity contribution in [2.45, 2.75) is 13.3 Å². The van der Waals surface area contributed by atoms with Crippen molar-refractivity contribution in [3.8, 4) is 0 Å². The Balaban J connectivity index is 1.62. The van der Waals surface area contributed by atoms with Gasteiger partial charge < -0.3 is 4.74 Å². The molecule has 0 saturated carbocycles. The maximum Gasteiger partial charge on any atom is 0.261 e. The van der Waals surface area contributed by atoms with Gasteiger partial charge in [-0.25, -0.2) is 4.98 Å². The van der Waals surface area contributed by atoms with E-state index in [1.165, 1.54) is 0 Å². The molecule has 0 spiro atoms. The Morgan fingerprint density at radius 3 is 2.80 bits per heavy atom. The number of fused-ring (bicyclic) bond motifs is 1. The van der Waals surface area contributed by atoms with Gasteiger partial charge in [0.2, 0.25) is 0 Å². The summed E-state index contributed by atoms with van der Waals surface area (Å²) in [5.74, 6) is -0.00946. The Hall–Kier alpha value is -1.26. The fraction of sp³-hybridized carbons (Fsp3) is 0.364. The number of carbonyl (C=O) groups is 1. The smallest absolute Gasteiger partial charge is 0.261 e. The minimum Gasteiger partial charge on any atom is -0.379 e. The van der Waals surface area contributed by atoms with Crippen LogP contribution in [0, 0.1) is 10.5 Å². The third-order valence-corrected chi connectivity index (χ3v) is 7.67. The van der Waals surface area contributed by atoms with Crippen molar-refractivity contribution in [1.29, 1.82) is 0 Å². The molecule has 0 atom stereocenters. The van der Waals surface area contributed by atoms with Crippen LogP contribution in [-0.4, -0.2) is 55.2 Å². The van der Waals surface area contributed by atoms with Gasteiger partial charge in [-0.05, 0) is 65.8 Å². The van der Waals surface area contributed by atoms with Crippen molar-refractivity contribution in [2.24, 2.45) is 0 Å². The van der Waals surface area contributed by atoms with E-state index < -0.39 is 0 Å². The zero-order chi connectivity index (χ0) is 21.1. The lowest BCUT2D eigenvalue weighted by atomic mass is 10.2. The molecule has 1 amide bonds. The Bertz CT molecular complexity index is 1050. The third kappa shape index (κ3) is 4.80. The van der Waals surface area contributed by atoms with Crippen LogP contribution in [0.15, 0.2) is 36.4 Å². The van der Waals surface area contributed by atoms with E-state index in [1.54, 1.807) is 11.3 Å². The summed E-state index contributed by atoms with van der Waals surface area (Å²) >= 11 is 10.1. The van der Waals surface area contributed by atoms with E-state index in [9.17, 15) is 4.79 Å². The molecule has 2 aromatic carbocycles. The number of rotatable bonds is 6. The topological polar surface area (TPSA) is 45.7 Å². The molecule has 1 saturated heterocycles. The Labute approximate surface area is 199 Å². The molecule has 4 rings (SSSR count). The van der Waals surface area contributed by atoms with Gasteiger partial charge in [0, 0.05) is 34.8 Å². The van der Waals surface area contributed by atoms with Crippen LogP contribution in [0.5, 0.6) is 0 Å². The summed E-state index contributed by atoms with van der Waals surface area (Å²) in [6.45, 7) is 6.99. The Morgan fingerprint density at radius 1 is 1.27 bits per heavy atom. The summed E-state index contributed by atoms with van der Waals surface area (Å²) in [5, 5.41) is 1.42. The van der Waals surface area contributed by atoms with Crippen LogP contribution in [0.3, 0.4) is 0 Å². The fourth-order valence-corrected chi connectivity index (χ4v) is 5.37. The van der Waals surface area contributed by atoms with Crippen LogP contribution in [0.2, 0.25) is 5.02 Å². The van der Waals surface area contributed by atoms with E-state index in [1.807, 2.05) is 48.2 Å². The summed E-state index contributed by atoms with van der Waals surface area (Å²) in [6.07, 6.45) is 0.880. The number of hydrogen-bond acceptors (Lipinski definition) is 5. The van der Waals surface area contributed by atoms with Crippen LogP contribution in [0.4, 0.5) is 5.13 Å². The number of amides is 1. The maximum absolute atomic E-state index is 13.5. The summed E-state index contributed by atoms with van der Waals surface area (Å²) in [7, 11) is 0. The molecule has 0 N–H and O–H groups in total. The Morgan fingerprint density at radius 2 is 2.03 bits per heavy atom. The third-order valence-electron chi connectivity index (χ3n) is 5.28. The molecule has 8 heteroatoms. The second kappa shape index (κ2) is 9.91. The zero-order valence-electron chi connectivity index (χ0n) is 16.7. The number of anilines is 1. The van der Waals surface area contributed by atoms with Gasteiger partial charge in [-0.2, -0.15) is 0 Å². The lowest BCUT2D eigenvalue weighted by molar-refractivity contribution is 0.0376. The number of nitrogens with zero attached hydrogens (tertiary/aromatic N) is 3. The molecule has 1 aliphatic heterocycles. The van der Waals surface area contributed by atoms with Gasteiger partial charge in [0.1, 0.15) is 0 Å². The first kappa shape index (κ1) is 22.0. The minimum atomic E-state index is -0.00946. The van der Waals surface area contributed by atoms with E-state index in [0.29, 0.717) is 17.1 Å². The number of ether oxygens (including phenoxy) is 1. The molecule has 5 nitrogen and oxygen atoms in total. The first-order valence-electron chi connectivity index (χ1n) is 9.97. The van der Waals surface area contributed by atoms with Gasteiger partial charge in [0.15, 0.2) is 5.13 Å². The molecule has 0 bridgehead atoms. The number of carbonyl (C=O) groups excluding carboxylic acids is 1. The van der Waals surface area contributed by atoms with Crippen molar-refractivity contribution >= 4 is 66.8 Å². The molecule has 158 valence electrons. The van der Waals surface area contributed by atoms with Gasteiger partial charge in [-0.1, -0.05) is 35.1 Å². The average molecular weight is 556 g/mol. The van der Waals surface area contributed by atoms with Gasteiger partial charge >= 0.3 is 0 Å². The highest BCUT2D eigenvalue weighted by molar-refractivity contribution is 14.1. The number of benzene rings is 2. The van der Waals surface area contributed by atoms with Gasteiger partial charge in [-0.3, -0.25) is 14.6 Å². The van der Waals surface area contributed by atoms with E-state index in [0.717, 1.165) is 63.8 Å². The minimum absolute atomic E-state index is 0.00946. The molecule has 0 unspecified atom stereocenters. The molecule has 1 aliphatic rings. The normalized spacial score (nSPS) is 14.9. The maximum atomic E-state index is 13.5. The van der Waals surface area contributed by atoms with E-state index in [4.69, 9.17) is 21.3 Å². The molecule has 3 aromatic rings. The van der Waals surface area contributed by atoms with Crippen LogP contribution in [0.1, 0.15) is 22.3 Å². The quantitative estimate of drug-likeness (QED) is 0.391. The predicted octanol–water partition coefficient (Wildman–Crippen LogP) is 5.23. The van der Waals surface area contributed by atoms with Gasteiger partial charge in [0.05, 0.1) is 29.0 Å². The number of halogens is 2. The van der Waals surface area contributed by atoms with Crippen LogP contribution in [0.25, 0.3) is 10.2 Å². The highest BCUT2D eigenvalue weighted by Gasteiger charge is 2.24. The van der Waals surface area contributed by atoms with Crippen molar-refractivity contribution < 1.29 is 9.53 Å². The molecule has 0 aliphatic carbocycles. The predicted molar refractivity (Wildman–Crippen MR) is 132 cm³/mol. The van der Waals surface area contributed by atoms with Gasteiger partial charge in [-0.15, -0.1) is 0 Å². The first-order valence-corrected chi connectivity index (χ1v) is 12.2. The summed E-state index contributed by atoms with van der Waals surface area (Å²) in [5.41, 5.74) is 2.53. The molecule has 0 radical (unpaired) electrons. The summed E-state index contributed by atoms with van der Waals surface area (Å²) < 4.78 is 7.42. The number of thiazole rings is 1. The second-order valence-corrected chi connectivity index (χ2v) is 9.84. The van der Waals surface area contributed by atoms with Crippen LogP contribution in [-0.2, 0) is 4.74 Å². The number of aromatic nitrogens is 1. The van der Waals surface area contributed by atoms with Crippen molar-refractivity contribution in [1.82, 2.24) is 9.88 Å². The lowest BCUT2D eigenvalue weighted by Crippen LogP contribution is -2.39. The molecule has 1 fully saturated rings. The van der Waals surface area contributed by atoms with Crippen LogP contribution < -0.4 is 4.90 Å².